The summed E-state index contributed by atoms with van der Waals surface area (Å²) in [4.78, 5) is 49.4. The Kier molecular flexibility index (Phi) is 8.02. The zero-order valence-electron chi connectivity index (χ0n) is 23.6. The lowest BCUT2D eigenvalue weighted by molar-refractivity contribution is -0.258. The number of carbonyl (C=O) groups is 4. The topological polar surface area (TPSA) is 138 Å². The number of fused-ring (bicyclic) bond motifs is 2. The lowest BCUT2D eigenvalue weighted by Crippen LogP contribution is -2.71. The van der Waals surface area contributed by atoms with E-state index in [-0.39, 0.29) is 25.6 Å². The van der Waals surface area contributed by atoms with Crippen LogP contribution in [0, 0.1) is 22.7 Å². The maximum absolute atomic E-state index is 13.1. The molecule has 39 heavy (non-hydrogen) atoms. The highest BCUT2D eigenvalue weighted by atomic mass is 16.6. The SMILES string of the molecule is C/C=C(/C)C(=O)O[C@@H]1CC[C@]2(CO2)[C@]2(COC(C)=O)[C@@H](OC(C)=O)C[C@@H](C)[C@](C)(C[C@H](O)C3=CC(=O)OC3)[C@@H]12. The molecule has 0 radical (unpaired) electrons. The number of hydrogen-bond donors (Lipinski definition) is 1. The summed E-state index contributed by atoms with van der Waals surface area (Å²) in [6, 6.07) is 0. The molecule has 216 valence electrons. The highest BCUT2D eigenvalue weighted by Crippen LogP contribution is 2.69. The predicted molar refractivity (Wildman–Crippen MR) is 137 cm³/mol. The highest BCUT2D eigenvalue weighted by Gasteiger charge is 2.77. The fourth-order valence-corrected chi connectivity index (χ4v) is 7.33. The molecular formula is C29H40O10. The molecule has 0 unspecified atom stereocenters. The van der Waals surface area contributed by atoms with Gasteiger partial charge in [-0.1, -0.05) is 19.9 Å². The number of hydrogen-bond acceptors (Lipinski definition) is 10. The molecule has 10 heteroatoms. The van der Waals surface area contributed by atoms with Crippen molar-refractivity contribution in [1.29, 1.82) is 0 Å². The van der Waals surface area contributed by atoms with Crippen LogP contribution in [0.25, 0.3) is 0 Å². The van der Waals surface area contributed by atoms with Crippen LogP contribution in [-0.4, -0.2) is 72.7 Å². The molecule has 10 nitrogen and oxygen atoms in total. The summed E-state index contributed by atoms with van der Waals surface area (Å²) in [7, 11) is 0. The van der Waals surface area contributed by atoms with Crippen LogP contribution in [0.3, 0.4) is 0 Å². The summed E-state index contributed by atoms with van der Waals surface area (Å²) in [6.07, 6.45) is 2.35. The van der Waals surface area contributed by atoms with Crippen molar-refractivity contribution in [2.45, 2.75) is 91.1 Å². The molecule has 1 spiro atoms. The Morgan fingerprint density at radius 2 is 1.90 bits per heavy atom. The molecule has 8 atom stereocenters. The maximum Gasteiger partial charge on any atom is 0.333 e. The van der Waals surface area contributed by atoms with E-state index in [1.165, 1.54) is 19.9 Å². The molecular weight excluding hydrogens is 508 g/mol. The molecule has 4 rings (SSSR count). The fraction of sp³-hybridized carbons (Fsp3) is 0.724. The number of cyclic esters (lactones) is 1. The second-order valence-corrected chi connectivity index (χ2v) is 11.8. The van der Waals surface area contributed by atoms with Crippen molar-refractivity contribution in [1.82, 2.24) is 0 Å². The van der Waals surface area contributed by atoms with Gasteiger partial charge >= 0.3 is 23.9 Å². The Morgan fingerprint density at radius 1 is 1.21 bits per heavy atom. The van der Waals surface area contributed by atoms with Crippen LogP contribution >= 0.6 is 0 Å². The van der Waals surface area contributed by atoms with Crippen LogP contribution in [0.4, 0.5) is 0 Å². The maximum atomic E-state index is 13.1. The van der Waals surface area contributed by atoms with Gasteiger partial charge in [0.05, 0.1) is 18.1 Å². The smallest absolute Gasteiger partial charge is 0.333 e. The van der Waals surface area contributed by atoms with Crippen molar-refractivity contribution in [3.8, 4) is 0 Å². The molecule has 2 heterocycles. The molecule has 1 saturated heterocycles. The van der Waals surface area contributed by atoms with E-state index in [0.29, 0.717) is 37.0 Å². The largest absolute Gasteiger partial charge is 0.465 e. The molecule has 2 aliphatic heterocycles. The van der Waals surface area contributed by atoms with Crippen molar-refractivity contribution < 1.29 is 48.0 Å². The van der Waals surface area contributed by atoms with Crippen LogP contribution in [-0.2, 0) is 42.9 Å². The first-order chi connectivity index (χ1) is 18.3. The quantitative estimate of drug-likeness (QED) is 0.209. The van der Waals surface area contributed by atoms with Crippen molar-refractivity contribution in [3.63, 3.8) is 0 Å². The third-order valence-electron chi connectivity index (χ3n) is 9.66. The molecule has 0 aromatic rings. The first-order valence-corrected chi connectivity index (χ1v) is 13.6. The minimum Gasteiger partial charge on any atom is -0.465 e. The van der Waals surface area contributed by atoms with E-state index >= 15 is 0 Å². The normalized spacial score (nSPS) is 38.3. The zero-order chi connectivity index (χ0) is 28.8. The predicted octanol–water partition coefficient (Wildman–Crippen LogP) is 2.80. The number of aliphatic hydroxyl groups is 1. The van der Waals surface area contributed by atoms with E-state index in [1.807, 2.05) is 13.8 Å². The number of ether oxygens (including phenoxy) is 5. The highest BCUT2D eigenvalue weighted by molar-refractivity contribution is 5.87. The van der Waals surface area contributed by atoms with E-state index in [2.05, 4.69) is 0 Å². The zero-order valence-corrected chi connectivity index (χ0v) is 23.6. The Balaban J connectivity index is 1.87. The summed E-state index contributed by atoms with van der Waals surface area (Å²) in [6.45, 7) is 10.5. The van der Waals surface area contributed by atoms with Crippen molar-refractivity contribution in [2.24, 2.45) is 22.7 Å². The van der Waals surface area contributed by atoms with Gasteiger partial charge in [0.15, 0.2) is 0 Å². The van der Waals surface area contributed by atoms with Gasteiger partial charge in [-0.25, -0.2) is 9.59 Å². The van der Waals surface area contributed by atoms with Gasteiger partial charge in [-0.15, -0.1) is 0 Å². The van der Waals surface area contributed by atoms with Crippen LogP contribution < -0.4 is 0 Å². The molecule has 0 amide bonds. The first kappa shape index (κ1) is 29.3. The summed E-state index contributed by atoms with van der Waals surface area (Å²) < 4.78 is 29.0. The fourth-order valence-electron chi connectivity index (χ4n) is 7.33. The molecule has 3 fully saturated rings. The van der Waals surface area contributed by atoms with Gasteiger partial charge in [0.25, 0.3) is 0 Å². The molecule has 2 aliphatic carbocycles. The van der Waals surface area contributed by atoms with E-state index in [0.717, 1.165) is 0 Å². The van der Waals surface area contributed by atoms with E-state index in [4.69, 9.17) is 23.7 Å². The van der Waals surface area contributed by atoms with E-state index in [1.54, 1.807) is 19.9 Å². The van der Waals surface area contributed by atoms with Gasteiger partial charge in [-0.2, -0.15) is 0 Å². The van der Waals surface area contributed by atoms with Gasteiger partial charge in [0, 0.05) is 37.0 Å². The van der Waals surface area contributed by atoms with Gasteiger partial charge in [0.2, 0.25) is 0 Å². The number of esters is 4. The molecule has 4 aliphatic rings. The van der Waals surface area contributed by atoms with Crippen molar-refractivity contribution in [2.75, 3.05) is 19.8 Å². The first-order valence-electron chi connectivity index (χ1n) is 13.6. The molecule has 0 bridgehead atoms. The average molecular weight is 549 g/mol. The number of aliphatic hydroxyl groups excluding tert-OH is 1. The number of carbonyl (C=O) groups excluding carboxylic acids is 4. The van der Waals surface area contributed by atoms with Gasteiger partial charge in [-0.05, 0) is 50.9 Å². The third-order valence-corrected chi connectivity index (χ3v) is 9.66. The summed E-state index contributed by atoms with van der Waals surface area (Å²) in [5, 5.41) is 11.3. The lowest BCUT2D eigenvalue weighted by atomic mass is 9.42. The average Bonchev–Trinajstić information content (AvgIpc) is 3.52. The molecule has 1 N–H and O–H groups in total. The lowest BCUT2D eigenvalue weighted by Gasteiger charge is -2.64. The van der Waals surface area contributed by atoms with Gasteiger partial charge in [0.1, 0.15) is 31.0 Å². The van der Waals surface area contributed by atoms with Crippen LogP contribution in [0.2, 0.25) is 0 Å². The number of epoxide rings is 1. The van der Waals surface area contributed by atoms with E-state index < -0.39 is 64.5 Å². The minimum atomic E-state index is -1.03. The molecule has 2 saturated carbocycles. The Morgan fingerprint density at radius 3 is 2.44 bits per heavy atom. The Labute approximate surface area is 229 Å². The monoisotopic (exact) mass is 548 g/mol. The Hall–Kier alpha value is -2.72. The third kappa shape index (κ3) is 5.13. The molecule has 0 aromatic heterocycles. The number of allylic oxidation sites excluding steroid dienone is 1. The van der Waals surface area contributed by atoms with Crippen molar-refractivity contribution >= 4 is 23.9 Å². The van der Waals surface area contributed by atoms with Crippen LogP contribution in [0.5, 0.6) is 0 Å². The van der Waals surface area contributed by atoms with Crippen molar-refractivity contribution in [3.05, 3.63) is 23.3 Å². The van der Waals surface area contributed by atoms with E-state index in [9.17, 15) is 24.3 Å². The Bertz CT molecular complexity index is 1090. The van der Waals surface area contributed by atoms with Gasteiger partial charge in [-0.3, -0.25) is 9.59 Å². The molecule has 0 aromatic carbocycles. The summed E-state index contributed by atoms with van der Waals surface area (Å²) in [5.74, 6) is -2.56. The standard InChI is InChI=1S/C29H40O10/c1-7-16(2)26(34)39-22-8-9-28(14-37-28)29(15-36-18(4)30)23(38-19(5)31)10-17(3)27(6,25(22)29)12-21(32)20-11-24(33)35-13-20/h7,11,17,21-23,25,32H,8-10,12-15H2,1-6H3/b16-7-/t17-,21+,22-,23+,25-,27+,28+,29-/m1/s1. The second-order valence-electron chi connectivity index (χ2n) is 11.8. The minimum absolute atomic E-state index is 0.00967. The summed E-state index contributed by atoms with van der Waals surface area (Å²) >= 11 is 0. The van der Waals surface area contributed by atoms with Crippen LogP contribution in [0.1, 0.15) is 67.2 Å². The number of rotatable bonds is 8. The van der Waals surface area contributed by atoms with Gasteiger partial charge < -0.3 is 28.8 Å². The van der Waals surface area contributed by atoms with Crippen LogP contribution in [0.15, 0.2) is 23.3 Å². The summed E-state index contributed by atoms with van der Waals surface area (Å²) in [5.41, 5.74) is -1.56. The second kappa shape index (κ2) is 10.7.